The quantitative estimate of drug-likeness (QED) is 0.358. The van der Waals surface area contributed by atoms with E-state index in [1.165, 1.54) is 6.07 Å². The summed E-state index contributed by atoms with van der Waals surface area (Å²) in [7, 11) is 0. The van der Waals surface area contributed by atoms with Crippen LogP contribution in [0.25, 0.3) is 10.8 Å². The predicted molar refractivity (Wildman–Crippen MR) is 128 cm³/mol. The van der Waals surface area contributed by atoms with Gasteiger partial charge in [0.1, 0.15) is 11.5 Å². The van der Waals surface area contributed by atoms with E-state index in [2.05, 4.69) is 36.9 Å². The molecule has 0 unspecified atom stereocenters. The average molecular weight is 452 g/mol. The van der Waals surface area contributed by atoms with Crippen LogP contribution in [-0.2, 0) is 10.2 Å². The van der Waals surface area contributed by atoms with Gasteiger partial charge in [0, 0.05) is 0 Å². The second-order valence-electron chi connectivity index (χ2n) is 8.24. The van der Waals surface area contributed by atoms with Crippen LogP contribution < -0.4 is 20.9 Å². The molecule has 0 heterocycles. The number of phenols is 1. The van der Waals surface area contributed by atoms with Crippen molar-refractivity contribution in [3.8, 4) is 11.5 Å². The first kappa shape index (κ1) is 23.0. The Morgan fingerprint density at radius 1 is 0.969 bits per heavy atom. The fourth-order valence-corrected chi connectivity index (χ4v) is 3.15. The molecule has 3 aromatic rings. The molecule has 0 atom stereocenters. The number of hydrogen-bond donors (Lipinski definition) is 4. The van der Waals surface area contributed by atoms with E-state index in [1.807, 2.05) is 36.4 Å². The number of amides is 2. The highest BCUT2D eigenvalue weighted by Crippen LogP contribution is 2.25. The van der Waals surface area contributed by atoms with E-state index in [4.69, 9.17) is 17.0 Å². The van der Waals surface area contributed by atoms with Crippen molar-refractivity contribution < 1.29 is 19.4 Å². The molecule has 8 heteroatoms. The van der Waals surface area contributed by atoms with Crippen LogP contribution in [0, 0.1) is 0 Å². The molecule has 3 aromatic carbocycles. The van der Waals surface area contributed by atoms with Gasteiger partial charge < -0.3 is 9.84 Å². The number of rotatable bonds is 4. The first-order valence-corrected chi connectivity index (χ1v) is 10.4. The number of phenolic OH excluding ortho intramolecular Hbond substituents is 1. The Kier molecular flexibility index (Phi) is 6.95. The summed E-state index contributed by atoms with van der Waals surface area (Å²) in [6, 6.07) is 18.0. The van der Waals surface area contributed by atoms with Crippen molar-refractivity contribution in [1.82, 2.24) is 16.2 Å². The second kappa shape index (κ2) is 9.65. The minimum Gasteiger partial charge on any atom is -0.507 e. The Morgan fingerprint density at radius 2 is 1.59 bits per heavy atom. The van der Waals surface area contributed by atoms with Crippen molar-refractivity contribution in [2.45, 2.75) is 26.2 Å². The van der Waals surface area contributed by atoms with Crippen LogP contribution >= 0.6 is 12.2 Å². The number of carbonyl (C=O) groups excluding carboxylic acids is 2. The number of benzene rings is 3. The third-order valence-corrected chi connectivity index (χ3v) is 4.95. The van der Waals surface area contributed by atoms with E-state index in [-0.39, 0.29) is 28.4 Å². The molecule has 3 rings (SSSR count). The fraction of sp³-hybridized carbons (Fsp3) is 0.208. The minimum atomic E-state index is -0.597. The number of carbonyl (C=O) groups is 2. The van der Waals surface area contributed by atoms with Gasteiger partial charge in [-0.25, -0.2) is 0 Å². The maximum atomic E-state index is 12.4. The summed E-state index contributed by atoms with van der Waals surface area (Å²) in [5.41, 5.74) is 6.07. The highest BCUT2D eigenvalue weighted by Gasteiger charge is 2.15. The minimum absolute atomic E-state index is 0.0296. The highest BCUT2D eigenvalue weighted by atomic mass is 32.1. The third kappa shape index (κ3) is 5.95. The largest absolute Gasteiger partial charge is 0.507 e. The Bertz CT molecular complexity index is 1150. The molecule has 0 bridgehead atoms. The van der Waals surface area contributed by atoms with Crippen LogP contribution in [-0.4, -0.2) is 28.6 Å². The Hall–Kier alpha value is -3.65. The summed E-state index contributed by atoms with van der Waals surface area (Å²) in [4.78, 5) is 24.4. The van der Waals surface area contributed by atoms with E-state index in [0.717, 1.165) is 16.3 Å². The summed E-state index contributed by atoms with van der Waals surface area (Å²) >= 11 is 5.02. The number of fused-ring (bicyclic) bond motifs is 1. The number of nitrogens with one attached hydrogen (secondary N) is 3. The van der Waals surface area contributed by atoms with E-state index in [0.29, 0.717) is 5.75 Å². The van der Waals surface area contributed by atoms with Crippen molar-refractivity contribution in [2.75, 3.05) is 6.61 Å². The SMILES string of the molecule is CC(C)(C)c1ccc(OCC(=O)NC(=S)NNC(=O)c2cc3ccccc3cc2O)cc1. The molecule has 0 spiro atoms. The van der Waals surface area contributed by atoms with Gasteiger partial charge in [0.25, 0.3) is 11.8 Å². The van der Waals surface area contributed by atoms with Crippen LogP contribution in [0.15, 0.2) is 60.7 Å². The first-order valence-electron chi connectivity index (χ1n) is 9.99. The van der Waals surface area contributed by atoms with Gasteiger partial charge in [-0.15, -0.1) is 0 Å². The predicted octanol–water partition coefficient (Wildman–Crippen LogP) is 3.56. The van der Waals surface area contributed by atoms with Gasteiger partial charge in [-0.05, 0) is 58.2 Å². The van der Waals surface area contributed by atoms with Crippen molar-refractivity contribution in [2.24, 2.45) is 0 Å². The molecule has 0 aromatic heterocycles. The van der Waals surface area contributed by atoms with E-state index in [1.54, 1.807) is 18.2 Å². The van der Waals surface area contributed by atoms with Crippen molar-refractivity contribution >= 4 is 39.9 Å². The molecule has 7 nitrogen and oxygen atoms in total. The Labute approximate surface area is 191 Å². The van der Waals surface area contributed by atoms with Gasteiger partial charge in [0.2, 0.25) is 0 Å². The van der Waals surface area contributed by atoms with Crippen LogP contribution in [0.4, 0.5) is 0 Å². The maximum Gasteiger partial charge on any atom is 0.273 e. The van der Waals surface area contributed by atoms with Crippen LogP contribution in [0.2, 0.25) is 0 Å². The summed E-state index contributed by atoms with van der Waals surface area (Å²) in [5, 5.41) is 14.1. The third-order valence-electron chi connectivity index (χ3n) is 4.74. The molecule has 0 saturated heterocycles. The molecular formula is C24H25N3O4S. The van der Waals surface area contributed by atoms with Gasteiger partial charge in [-0.3, -0.25) is 25.8 Å². The zero-order valence-corrected chi connectivity index (χ0v) is 18.9. The van der Waals surface area contributed by atoms with Gasteiger partial charge in [-0.2, -0.15) is 0 Å². The number of thiocarbonyl (C=S) groups is 1. The lowest BCUT2D eigenvalue weighted by atomic mass is 9.87. The smallest absolute Gasteiger partial charge is 0.273 e. The first-order chi connectivity index (χ1) is 15.1. The van der Waals surface area contributed by atoms with Crippen LogP contribution in [0.3, 0.4) is 0 Å². The fourth-order valence-electron chi connectivity index (χ4n) is 2.99. The topological polar surface area (TPSA) is 99.7 Å². The van der Waals surface area contributed by atoms with Gasteiger partial charge in [-0.1, -0.05) is 57.2 Å². The standard InChI is InChI=1S/C24H25N3O4S/c1-24(2,3)17-8-10-18(11-9-17)31-14-21(29)25-23(32)27-26-22(30)19-12-15-6-4-5-7-16(15)13-20(19)28/h4-13,28H,14H2,1-3H3,(H,26,30)(H2,25,27,29,32). The summed E-state index contributed by atoms with van der Waals surface area (Å²) in [6.45, 7) is 6.11. The summed E-state index contributed by atoms with van der Waals surface area (Å²) in [5.74, 6) is -0.679. The summed E-state index contributed by atoms with van der Waals surface area (Å²) < 4.78 is 5.47. The average Bonchev–Trinajstić information content (AvgIpc) is 2.75. The normalized spacial score (nSPS) is 11.0. The molecule has 2 amide bonds. The summed E-state index contributed by atoms with van der Waals surface area (Å²) in [6.07, 6.45) is 0. The molecule has 32 heavy (non-hydrogen) atoms. The zero-order valence-electron chi connectivity index (χ0n) is 18.1. The van der Waals surface area contributed by atoms with Gasteiger partial charge >= 0.3 is 0 Å². The lowest BCUT2D eigenvalue weighted by Gasteiger charge is -2.19. The number of hydrazine groups is 1. The van der Waals surface area contributed by atoms with Gasteiger partial charge in [0.05, 0.1) is 5.56 Å². The lowest BCUT2D eigenvalue weighted by molar-refractivity contribution is -0.121. The lowest BCUT2D eigenvalue weighted by Crippen LogP contribution is -2.49. The molecule has 0 saturated carbocycles. The highest BCUT2D eigenvalue weighted by molar-refractivity contribution is 7.80. The Morgan fingerprint density at radius 3 is 2.22 bits per heavy atom. The second-order valence-corrected chi connectivity index (χ2v) is 8.64. The zero-order chi connectivity index (χ0) is 23.3. The van der Waals surface area contributed by atoms with E-state index < -0.39 is 11.8 Å². The molecule has 0 aliphatic heterocycles. The maximum absolute atomic E-state index is 12.4. The molecule has 0 radical (unpaired) electrons. The molecule has 0 aliphatic carbocycles. The molecule has 166 valence electrons. The van der Waals surface area contributed by atoms with Crippen molar-refractivity contribution in [3.05, 3.63) is 71.8 Å². The number of hydrogen-bond acceptors (Lipinski definition) is 5. The van der Waals surface area contributed by atoms with E-state index >= 15 is 0 Å². The molecular weight excluding hydrogens is 426 g/mol. The molecule has 4 N–H and O–H groups in total. The Balaban J connectivity index is 1.47. The number of aromatic hydroxyl groups is 1. The van der Waals surface area contributed by atoms with Crippen molar-refractivity contribution in [1.29, 1.82) is 0 Å². The van der Waals surface area contributed by atoms with Crippen molar-refractivity contribution in [3.63, 3.8) is 0 Å². The molecule has 0 aliphatic rings. The molecule has 0 fully saturated rings. The van der Waals surface area contributed by atoms with Gasteiger partial charge in [0.15, 0.2) is 11.7 Å². The monoisotopic (exact) mass is 451 g/mol. The van der Waals surface area contributed by atoms with Crippen LogP contribution in [0.5, 0.6) is 11.5 Å². The van der Waals surface area contributed by atoms with E-state index in [9.17, 15) is 14.7 Å². The number of ether oxygens (including phenoxy) is 1. The van der Waals surface area contributed by atoms with Crippen LogP contribution in [0.1, 0.15) is 36.7 Å².